The predicted octanol–water partition coefficient (Wildman–Crippen LogP) is 5.46. The average molecular weight is 430 g/mol. The fourth-order valence-electron chi connectivity index (χ4n) is 3.58. The molecule has 1 amide bonds. The van der Waals surface area contributed by atoms with Crippen LogP contribution in [0.5, 0.6) is 0 Å². The van der Waals surface area contributed by atoms with E-state index in [-0.39, 0.29) is 30.3 Å². The Kier molecular flexibility index (Phi) is 12.7. The zero-order valence-electron chi connectivity index (χ0n) is 19.1. The number of carbonyl (C=O) groups excluding carboxylic acids is 1. The van der Waals surface area contributed by atoms with Gasteiger partial charge < -0.3 is 18.7 Å². The van der Waals surface area contributed by atoms with E-state index in [1.165, 1.54) is 0 Å². The molecule has 0 aromatic rings. The summed E-state index contributed by atoms with van der Waals surface area (Å²) in [7, 11) is -1.30. The predicted molar refractivity (Wildman–Crippen MR) is 116 cm³/mol. The lowest BCUT2D eigenvalue weighted by molar-refractivity contribution is 0.0902. The maximum absolute atomic E-state index is 12.5. The summed E-state index contributed by atoms with van der Waals surface area (Å²) in [6, 6.07) is 2.76. The van der Waals surface area contributed by atoms with Crippen molar-refractivity contribution >= 4 is 14.6 Å². The molecule has 0 aromatic heterocycles. The summed E-state index contributed by atoms with van der Waals surface area (Å²) in [5.41, 5.74) is 0. The third-order valence-corrected chi connectivity index (χ3v) is 7.14. The highest BCUT2D eigenvalue weighted by Gasteiger charge is 2.39. The van der Waals surface area contributed by atoms with Gasteiger partial charge in [-0.2, -0.15) is 5.26 Å². The number of likely N-dealkylation sites (tertiary alicyclic amines) is 1. The largest absolute Gasteiger partial charge is 0.449 e. The smallest absolute Gasteiger partial charge is 0.410 e. The van der Waals surface area contributed by atoms with E-state index < -0.39 is 8.53 Å². The van der Waals surface area contributed by atoms with Crippen LogP contribution in [0.3, 0.4) is 0 Å². The van der Waals surface area contributed by atoms with Crippen LogP contribution in [-0.2, 0) is 13.8 Å². The average Bonchev–Trinajstić information content (AvgIpc) is 3.07. The van der Waals surface area contributed by atoms with Crippen LogP contribution in [0.1, 0.15) is 80.1 Å². The number of carbonyl (C=O) groups is 1. The molecule has 8 heteroatoms. The lowest BCUT2D eigenvalue weighted by Gasteiger charge is -2.36. The third-order valence-electron chi connectivity index (χ3n) is 4.96. The second-order valence-corrected chi connectivity index (χ2v) is 9.45. The molecule has 0 radical (unpaired) electrons. The summed E-state index contributed by atoms with van der Waals surface area (Å²) < 4.78 is 20.1. The fourth-order valence-corrected chi connectivity index (χ4v) is 5.29. The second-order valence-electron chi connectivity index (χ2n) is 8.05. The molecule has 1 heterocycles. The molecule has 1 rings (SSSR count). The monoisotopic (exact) mass is 429 g/mol. The maximum Gasteiger partial charge on any atom is 0.410 e. The summed E-state index contributed by atoms with van der Waals surface area (Å²) in [5.74, 6) is 0. The number of nitriles is 1. The first-order valence-electron chi connectivity index (χ1n) is 11.0. The van der Waals surface area contributed by atoms with Gasteiger partial charge in [0.2, 0.25) is 0 Å². The lowest BCUT2D eigenvalue weighted by atomic mass is 10.1. The Hall–Kier alpha value is -0.930. The van der Waals surface area contributed by atoms with E-state index in [4.69, 9.17) is 19.0 Å². The highest BCUT2D eigenvalue weighted by atomic mass is 31.2. The quantitative estimate of drug-likeness (QED) is 0.286. The molecular formula is C21H40N3O4P. The molecule has 7 nitrogen and oxygen atoms in total. The molecule has 1 saturated heterocycles. The van der Waals surface area contributed by atoms with Crippen LogP contribution in [0.25, 0.3) is 0 Å². The van der Waals surface area contributed by atoms with Gasteiger partial charge in [-0.05, 0) is 47.0 Å². The lowest BCUT2D eigenvalue weighted by Crippen LogP contribution is -2.37. The topological polar surface area (TPSA) is 75.0 Å². The zero-order valence-corrected chi connectivity index (χ0v) is 20.0. The van der Waals surface area contributed by atoms with Crippen LogP contribution >= 0.6 is 8.53 Å². The highest BCUT2D eigenvalue weighted by Crippen LogP contribution is 2.48. The first kappa shape index (κ1) is 26.1. The van der Waals surface area contributed by atoms with Crippen molar-refractivity contribution in [3.63, 3.8) is 0 Å². The summed E-state index contributed by atoms with van der Waals surface area (Å²) >= 11 is 0. The summed E-state index contributed by atoms with van der Waals surface area (Å²) in [6.45, 7) is 14.1. The molecule has 0 aromatic carbocycles. The van der Waals surface area contributed by atoms with Crippen molar-refractivity contribution in [1.82, 2.24) is 9.57 Å². The van der Waals surface area contributed by atoms with Crippen LogP contribution in [0.2, 0.25) is 0 Å². The number of rotatable bonds is 13. The number of ether oxygens (including phenoxy) is 1. The summed E-state index contributed by atoms with van der Waals surface area (Å²) in [6.07, 6.45) is 4.75. The molecule has 29 heavy (non-hydrogen) atoms. The molecular weight excluding hydrogens is 389 g/mol. The number of hydrogen-bond donors (Lipinski definition) is 0. The molecule has 1 unspecified atom stereocenters. The molecule has 0 saturated carbocycles. The van der Waals surface area contributed by atoms with Crippen molar-refractivity contribution in [2.75, 3.05) is 19.8 Å². The van der Waals surface area contributed by atoms with Gasteiger partial charge in [-0.15, -0.1) is 0 Å². The summed E-state index contributed by atoms with van der Waals surface area (Å²) in [4.78, 5) is 14.4. The van der Waals surface area contributed by atoms with Crippen LogP contribution in [0.15, 0.2) is 0 Å². The SMILES string of the molecule is CCCCCOC(=O)N1C[C@H](OP(OCCC#N)N(C(C)C)C(C)C)C[C@H]1CC. The van der Waals surface area contributed by atoms with Gasteiger partial charge in [0.25, 0.3) is 8.53 Å². The minimum absolute atomic E-state index is 0.0867. The van der Waals surface area contributed by atoms with E-state index in [9.17, 15) is 4.79 Å². The van der Waals surface area contributed by atoms with E-state index in [2.05, 4.69) is 52.3 Å². The number of unbranched alkanes of at least 4 members (excludes halogenated alkanes) is 2. The normalized spacial score (nSPS) is 20.5. The van der Waals surface area contributed by atoms with Gasteiger partial charge >= 0.3 is 6.09 Å². The minimum atomic E-state index is -1.30. The number of nitrogens with zero attached hydrogens (tertiary/aromatic N) is 3. The maximum atomic E-state index is 12.5. The molecule has 168 valence electrons. The van der Waals surface area contributed by atoms with E-state index in [1.807, 2.05) is 4.90 Å². The zero-order chi connectivity index (χ0) is 21.8. The number of hydrogen-bond acceptors (Lipinski definition) is 6. The molecule has 1 aliphatic heterocycles. The Morgan fingerprint density at radius 2 is 1.90 bits per heavy atom. The van der Waals surface area contributed by atoms with Crippen molar-refractivity contribution in [3.05, 3.63) is 0 Å². The molecule has 1 aliphatic rings. The minimum Gasteiger partial charge on any atom is -0.449 e. The standard InChI is InChI=1S/C21H40N3O4P/c1-7-9-10-13-26-21(25)23-16-20(15-19(23)8-2)28-29(27-14-11-12-22)24(17(3)4)18(5)6/h17-20H,7-11,13-16H2,1-6H3/t19-,20-,29?/m1/s1. The fraction of sp³-hybridized carbons (Fsp3) is 0.905. The van der Waals surface area contributed by atoms with Crippen molar-refractivity contribution in [2.24, 2.45) is 0 Å². The van der Waals surface area contributed by atoms with E-state index in [0.717, 1.165) is 32.1 Å². The Morgan fingerprint density at radius 1 is 1.21 bits per heavy atom. The van der Waals surface area contributed by atoms with E-state index in [1.54, 1.807) is 0 Å². The number of amides is 1. The van der Waals surface area contributed by atoms with Crippen LogP contribution in [0.4, 0.5) is 4.79 Å². The first-order chi connectivity index (χ1) is 13.8. The van der Waals surface area contributed by atoms with Crippen LogP contribution < -0.4 is 0 Å². The Labute approximate surface area is 178 Å². The molecule has 0 bridgehead atoms. The van der Waals surface area contributed by atoms with Crippen LogP contribution in [-0.4, -0.2) is 59.7 Å². The van der Waals surface area contributed by atoms with Gasteiger partial charge in [0.05, 0.1) is 38.4 Å². The van der Waals surface area contributed by atoms with Gasteiger partial charge in [-0.25, -0.2) is 9.46 Å². The third kappa shape index (κ3) is 8.76. The van der Waals surface area contributed by atoms with Crippen molar-refractivity contribution in [2.45, 2.75) is 104 Å². The van der Waals surface area contributed by atoms with Gasteiger partial charge in [0.1, 0.15) is 0 Å². The molecule has 1 fully saturated rings. The van der Waals surface area contributed by atoms with Crippen molar-refractivity contribution in [3.8, 4) is 6.07 Å². The first-order valence-corrected chi connectivity index (χ1v) is 12.2. The van der Waals surface area contributed by atoms with Gasteiger partial charge in [0.15, 0.2) is 0 Å². The van der Waals surface area contributed by atoms with Gasteiger partial charge in [-0.1, -0.05) is 26.7 Å². The van der Waals surface area contributed by atoms with E-state index in [0.29, 0.717) is 26.2 Å². The Bertz CT molecular complexity index is 505. The highest BCUT2D eigenvalue weighted by molar-refractivity contribution is 7.44. The second kappa shape index (κ2) is 14.1. The van der Waals surface area contributed by atoms with E-state index >= 15 is 0 Å². The molecule has 3 atom stereocenters. The molecule has 0 N–H and O–H groups in total. The van der Waals surface area contributed by atoms with Gasteiger partial charge in [-0.3, -0.25) is 0 Å². The van der Waals surface area contributed by atoms with Crippen molar-refractivity contribution in [1.29, 1.82) is 5.26 Å². The Balaban J connectivity index is 2.75. The Morgan fingerprint density at radius 3 is 2.45 bits per heavy atom. The van der Waals surface area contributed by atoms with Gasteiger partial charge in [0, 0.05) is 18.1 Å². The van der Waals surface area contributed by atoms with Crippen LogP contribution in [0, 0.1) is 11.3 Å². The van der Waals surface area contributed by atoms with Crippen molar-refractivity contribution < 1.29 is 18.6 Å². The summed E-state index contributed by atoms with van der Waals surface area (Å²) in [5, 5.41) is 8.85. The molecule has 0 spiro atoms. The molecule has 0 aliphatic carbocycles.